The second kappa shape index (κ2) is 4.38. The molecule has 1 saturated heterocycles. The van der Waals surface area contributed by atoms with Crippen LogP contribution >= 0.6 is 11.8 Å². The van der Waals surface area contributed by atoms with E-state index in [0.29, 0.717) is 17.1 Å². The molecule has 2 aliphatic rings. The quantitative estimate of drug-likeness (QED) is 0.738. The normalized spacial score (nSPS) is 26.7. The van der Waals surface area contributed by atoms with Gasteiger partial charge in [0.1, 0.15) is 35.2 Å². The number of nitrogen functional groups attached to an aromatic ring is 1. The lowest BCUT2D eigenvalue weighted by Gasteiger charge is -2.24. The lowest BCUT2D eigenvalue weighted by Crippen LogP contribution is -2.37. The van der Waals surface area contributed by atoms with Gasteiger partial charge in [-0.25, -0.2) is 9.97 Å². The lowest BCUT2D eigenvalue weighted by molar-refractivity contribution is 0.0339. The topological polar surface area (TPSA) is 102 Å². The molecule has 18 heavy (non-hydrogen) atoms. The van der Waals surface area contributed by atoms with Gasteiger partial charge in [-0.15, -0.1) is 11.8 Å². The van der Waals surface area contributed by atoms with E-state index in [9.17, 15) is 4.79 Å². The van der Waals surface area contributed by atoms with E-state index in [0.717, 1.165) is 0 Å². The van der Waals surface area contributed by atoms with Crippen LogP contribution in [0.3, 0.4) is 0 Å². The van der Waals surface area contributed by atoms with Crippen molar-refractivity contribution in [3.63, 3.8) is 0 Å². The number of thioether (sulfide) groups is 1. The van der Waals surface area contributed by atoms with Crippen LogP contribution in [0.1, 0.15) is 10.4 Å². The van der Waals surface area contributed by atoms with Gasteiger partial charge in [-0.3, -0.25) is 4.79 Å². The van der Waals surface area contributed by atoms with Gasteiger partial charge >= 0.3 is 0 Å². The maximum absolute atomic E-state index is 11.9. The fourth-order valence-electron chi connectivity index (χ4n) is 2.12. The molecular weight excluding hydrogens is 256 g/mol. The van der Waals surface area contributed by atoms with E-state index in [-0.39, 0.29) is 36.4 Å². The molecule has 0 aliphatic carbocycles. The van der Waals surface area contributed by atoms with E-state index in [1.807, 2.05) is 0 Å². The summed E-state index contributed by atoms with van der Waals surface area (Å²) in [5.74, 6) is 1.32. The third-order valence-corrected chi connectivity index (χ3v) is 4.06. The molecule has 3 heterocycles. The van der Waals surface area contributed by atoms with Crippen LogP contribution in [0, 0.1) is 0 Å². The highest BCUT2D eigenvalue weighted by Gasteiger charge is 2.39. The lowest BCUT2D eigenvalue weighted by atomic mass is 10.2. The predicted octanol–water partition coefficient (Wildman–Crippen LogP) is -0.531. The number of fused-ring (bicyclic) bond motifs is 1. The van der Waals surface area contributed by atoms with E-state index in [1.54, 1.807) is 4.90 Å². The van der Waals surface area contributed by atoms with Crippen molar-refractivity contribution >= 4 is 29.2 Å². The maximum Gasteiger partial charge on any atom is 0.189 e. The average molecular weight is 268 g/mol. The first-order chi connectivity index (χ1) is 8.70. The number of anilines is 2. The third kappa shape index (κ3) is 1.73. The fraction of sp³-hybridized carbons (Fsp3) is 0.500. The number of hydrogen-bond acceptors (Lipinski definition) is 8. The second-order valence-corrected chi connectivity index (χ2v) is 5.24. The summed E-state index contributed by atoms with van der Waals surface area (Å²) in [6, 6.07) is 0. The van der Waals surface area contributed by atoms with E-state index < -0.39 is 0 Å². The third-order valence-electron chi connectivity index (χ3n) is 2.95. The number of ketones is 1. The second-order valence-electron chi connectivity index (χ2n) is 4.04. The fourth-order valence-corrected chi connectivity index (χ4v) is 3.07. The number of hydrogen-bond donors (Lipinski definition) is 2. The number of Topliss-reactive ketones (excluding diaryl/α,β-unsaturated/α-hetero) is 1. The standard InChI is InChI=1S/C10H12N4O3S/c11-9-8-5(16)1-14(10(8)13-4-12-9)6-3-18-7(2-15)17-6/h4,6-7,15H,1-3H2,(H2,11,12,13)/t6-,7+/m1/s1. The van der Waals surface area contributed by atoms with Crippen LogP contribution in [0.25, 0.3) is 0 Å². The Balaban J connectivity index is 1.90. The SMILES string of the molecule is Nc1ncnc2c1C(=O)CN2[C@H]1CS[C@@H](CO)O1. The van der Waals surface area contributed by atoms with Crippen LogP contribution in [0.15, 0.2) is 6.33 Å². The first-order valence-electron chi connectivity index (χ1n) is 5.49. The zero-order valence-corrected chi connectivity index (χ0v) is 10.3. The molecule has 0 unspecified atom stereocenters. The first-order valence-corrected chi connectivity index (χ1v) is 6.54. The van der Waals surface area contributed by atoms with Crippen LogP contribution < -0.4 is 10.6 Å². The summed E-state index contributed by atoms with van der Waals surface area (Å²) < 4.78 is 5.62. The number of aliphatic hydroxyl groups is 1. The summed E-state index contributed by atoms with van der Waals surface area (Å²) >= 11 is 1.52. The molecule has 1 aromatic heterocycles. The van der Waals surface area contributed by atoms with Crippen LogP contribution in [0.2, 0.25) is 0 Å². The van der Waals surface area contributed by atoms with Gasteiger partial charge < -0.3 is 20.5 Å². The van der Waals surface area contributed by atoms with Gasteiger partial charge in [-0.1, -0.05) is 0 Å². The van der Waals surface area contributed by atoms with Crippen molar-refractivity contribution < 1.29 is 14.6 Å². The number of ether oxygens (including phenoxy) is 1. The smallest absolute Gasteiger partial charge is 0.189 e. The molecule has 1 fully saturated rings. The van der Waals surface area contributed by atoms with Crippen molar-refractivity contribution in [3.05, 3.63) is 11.9 Å². The van der Waals surface area contributed by atoms with E-state index in [2.05, 4.69) is 9.97 Å². The summed E-state index contributed by atoms with van der Waals surface area (Å²) in [6.07, 6.45) is 1.08. The van der Waals surface area contributed by atoms with Gasteiger partial charge in [0, 0.05) is 5.75 Å². The molecule has 0 radical (unpaired) electrons. The van der Waals surface area contributed by atoms with Gasteiger partial charge in [0.25, 0.3) is 0 Å². The van der Waals surface area contributed by atoms with Crippen LogP contribution in [0.5, 0.6) is 0 Å². The van der Waals surface area contributed by atoms with Crippen LogP contribution in [0.4, 0.5) is 11.6 Å². The number of rotatable bonds is 2. The Morgan fingerprint density at radius 1 is 1.61 bits per heavy atom. The summed E-state index contributed by atoms with van der Waals surface area (Å²) in [4.78, 5) is 21.6. The van der Waals surface area contributed by atoms with Crippen molar-refractivity contribution in [2.45, 2.75) is 11.7 Å². The minimum absolute atomic E-state index is 0.0400. The molecule has 0 spiro atoms. The van der Waals surface area contributed by atoms with Gasteiger partial charge in [0.2, 0.25) is 0 Å². The van der Waals surface area contributed by atoms with E-state index in [1.165, 1.54) is 18.1 Å². The molecule has 7 nitrogen and oxygen atoms in total. The number of carbonyl (C=O) groups excluding carboxylic acids is 1. The highest BCUT2D eigenvalue weighted by atomic mass is 32.2. The Kier molecular flexibility index (Phi) is 2.84. The Morgan fingerprint density at radius 3 is 3.17 bits per heavy atom. The summed E-state index contributed by atoms with van der Waals surface area (Å²) in [7, 11) is 0. The molecule has 2 atom stereocenters. The van der Waals surface area contributed by atoms with Gasteiger partial charge in [-0.05, 0) is 0 Å². The average Bonchev–Trinajstić information content (AvgIpc) is 2.94. The van der Waals surface area contributed by atoms with Crippen molar-refractivity contribution in [1.29, 1.82) is 0 Å². The Hall–Kier alpha value is -1.38. The van der Waals surface area contributed by atoms with E-state index >= 15 is 0 Å². The number of nitrogens with two attached hydrogens (primary N) is 1. The number of aromatic nitrogens is 2. The minimum Gasteiger partial charge on any atom is -0.393 e. The molecule has 3 rings (SSSR count). The Bertz CT molecular complexity index is 498. The zero-order valence-electron chi connectivity index (χ0n) is 9.44. The molecule has 0 aromatic carbocycles. The molecule has 8 heteroatoms. The first kappa shape index (κ1) is 11.7. The molecule has 1 aromatic rings. The van der Waals surface area contributed by atoms with Gasteiger partial charge in [0.05, 0.1) is 13.2 Å². The van der Waals surface area contributed by atoms with Crippen LogP contribution in [-0.4, -0.2) is 51.4 Å². The van der Waals surface area contributed by atoms with E-state index in [4.69, 9.17) is 15.6 Å². The van der Waals surface area contributed by atoms with Crippen molar-refractivity contribution in [2.75, 3.05) is 29.5 Å². The molecule has 0 bridgehead atoms. The largest absolute Gasteiger partial charge is 0.393 e. The van der Waals surface area contributed by atoms with Crippen LogP contribution in [-0.2, 0) is 4.74 Å². The molecule has 0 amide bonds. The minimum atomic E-state index is -0.258. The zero-order chi connectivity index (χ0) is 12.7. The number of aliphatic hydroxyl groups excluding tert-OH is 1. The predicted molar refractivity (Wildman–Crippen MR) is 66.3 cm³/mol. The number of nitrogens with zero attached hydrogens (tertiary/aromatic N) is 3. The Morgan fingerprint density at radius 2 is 2.44 bits per heavy atom. The Labute approximate surface area is 107 Å². The van der Waals surface area contributed by atoms with Crippen molar-refractivity contribution in [2.24, 2.45) is 0 Å². The van der Waals surface area contributed by atoms with Gasteiger partial charge in [-0.2, -0.15) is 0 Å². The molecule has 3 N–H and O–H groups in total. The monoisotopic (exact) mass is 268 g/mol. The summed E-state index contributed by atoms with van der Waals surface area (Å²) in [5.41, 5.74) is 5.82. The number of carbonyl (C=O) groups is 1. The highest BCUT2D eigenvalue weighted by molar-refractivity contribution is 8.00. The molecular formula is C10H12N4O3S. The summed E-state index contributed by atoms with van der Waals surface area (Å²) in [6.45, 7) is 0.156. The molecule has 96 valence electrons. The van der Waals surface area contributed by atoms with Gasteiger partial charge in [0.15, 0.2) is 5.78 Å². The molecule has 0 saturated carbocycles. The maximum atomic E-state index is 11.9. The van der Waals surface area contributed by atoms with Crippen molar-refractivity contribution in [3.8, 4) is 0 Å². The highest BCUT2D eigenvalue weighted by Crippen LogP contribution is 2.35. The van der Waals surface area contributed by atoms with Crippen molar-refractivity contribution in [1.82, 2.24) is 9.97 Å². The molecule has 2 aliphatic heterocycles. The summed E-state index contributed by atoms with van der Waals surface area (Å²) in [5, 5.41) is 9.04.